The molecule has 0 aromatic heterocycles. The predicted octanol–water partition coefficient (Wildman–Crippen LogP) is 2.69. The highest BCUT2D eigenvalue weighted by Crippen LogP contribution is 2.19. The van der Waals surface area contributed by atoms with Crippen LogP contribution >= 0.6 is 24.0 Å². The Hall–Kier alpha value is -0.350. The number of likely N-dealkylation sites (tertiary alicyclic amines) is 1. The monoisotopic (exact) mass is 278 g/mol. The molecule has 1 heterocycles. The standard InChI is InChI=1S/C12H16ClFN2.ClH/c1-15-10-4-5-16(8-10)7-9-2-3-12(14)11(13)6-9;/h2-3,6,10,15H,4-5,7-8H2,1H3;1H. The lowest BCUT2D eigenvalue weighted by atomic mass is 10.2. The third-order valence-electron chi connectivity index (χ3n) is 3.07. The second-order valence-electron chi connectivity index (χ2n) is 4.26. The second kappa shape index (κ2) is 6.55. The van der Waals surface area contributed by atoms with Gasteiger partial charge in [-0.05, 0) is 31.2 Å². The van der Waals surface area contributed by atoms with Gasteiger partial charge in [0, 0.05) is 25.7 Å². The summed E-state index contributed by atoms with van der Waals surface area (Å²) in [5, 5.41) is 3.48. The van der Waals surface area contributed by atoms with Crippen molar-refractivity contribution >= 4 is 24.0 Å². The summed E-state index contributed by atoms with van der Waals surface area (Å²) >= 11 is 5.75. The summed E-state index contributed by atoms with van der Waals surface area (Å²) < 4.78 is 13.0. The summed E-state index contributed by atoms with van der Waals surface area (Å²) in [5.74, 6) is -0.347. The third kappa shape index (κ3) is 3.81. The van der Waals surface area contributed by atoms with Gasteiger partial charge in [0.2, 0.25) is 0 Å². The summed E-state index contributed by atoms with van der Waals surface area (Å²) in [6, 6.07) is 5.52. The van der Waals surface area contributed by atoms with Crippen molar-refractivity contribution in [2.45, 2.75) is 19.0 Å². The highest BCUT2D eigenvalue weighted by Gasteiger charge is 2.20. The minimum atomic E-state index is -0.347. The first kappa shape index (κ1) is 14.7. The van der Waals surface area contributed by atoms with Crippen molar-refractivity contribution in [1.29, 1.82) is 0 Å². The SMILES string of the molecule is CNC1CCN(Cc2ccc(F)c(Cl)c2)C1.Cl. The maximum Gasteiger partial charge on any atom is 0.141 e. The molecule has 1 fully saturated rings. The molecule has 96 valence electrons. The molecule has 1 atom stereocenters. The van der Waals surface area contributed by atoms with Gasteiger partial charge in [-0.3, -0.25) is 4.90 Å². The molecule has 0 amide bonds. The lowest BCUT2D eigenvalue weighted by Crippen LogP contribution is -2.29. The molecule has 2 nitrogen and oxygen atoms in total. The van der Waals surface area contributed by atoms with Gasteiger partial charge in [-0.15, -0.1) is 12.4 Å². The van der Waals surface area contributed by atoms with E-state index in [4.69, 9.17) is 11.6 Å². The van der Waals surface area contributed by atoms with E-state index in [2.05, 4.69) is 10.2 Å². The van der Waals surface area contributed by atoms with E-state index in [-0.39, 0.29) is 23.2 Å². The molecular weight excluding hydrogens is 262 g/mol. The molecule has 0 radical (unpaired) electrons. The number of rotatable bonds is 3. The van der Waals surface area contributed by atoms with E-state index in [1.54, 1.807) is 12.1 Å². The van der Waals surface area contributed by atoms with Crippen molar-refractivity contribution in [2.24, 2.45) is 0 Å². The van der Waals surface area contributed by atoms with Gasteiger partial charge in [0.05, 0.1) is 5.02 Å². The number of nitrogens with zero attached hydrogens (tertiary/aromatic N) is 1. The van der Waals surface area contributed by atoms with Crippen LogP contribution in [0.25, 0.3) is 0 Å². The quantitative estimate of drug-likeness (QED) is 0.915. The van der Waals surface area contributed by atoms with Gasteiger partial charge < -0.3 is 5.32 Å². The maximum atomic E-state index is 13.0. The van der Waals surface area contributed by atoms with E-state index >= 15 is 0 Å². The lowest BCUT2D eigenvalue weighted by molar-refractivity contribution is 0.322. The van der Waals surface area contributed by atoms with Crippen molar-refractivity contribution in [3.05, 3.63) is 34.6 Å². The Bertz CT molecular complexity index is 374. The van der Waals surface area contributed by atoms with Crippen LogP contribution in [0.15, 0.2) is 18.2 Å². The highest BCUT2D eigenvalue weighted by atomic mass is 35.5. The number of nitrogens with one attached hydrogen (secondary N) is 1. The molecule has 1 aliphatic heterocycles. The van der Waals surface area contributed by atoms with E-state index in [1.807, 2.05) is 7.05 Å². The zero-order chi connectivity index (χ0) is 11.5. The number of halogens is 3. The van der Waals surface area contributed by atoms with Crippen LogP contribution in [0.5, 0.6) is 0 Å². The molecule has 1 aliphatic rings. The van der Waals surface area contributed by atoms with Crippen molar-refractivity contribution in [3.63, 3.8) is 0 Å². The molecule has 0 aliphatic carbocycles. The van der Waals surface area contributed by atoms with Crippen LogP contribution in [0.4, 0.5) is 4.39 Å². The van der Waals surface area contributed by atoms with Gasteiger partial charge >= 0.3 is 0 Å². The van der Waals surface area contributed by atoms with Crippen LogP contribution in [-0.2, 0) is 6.54 Å². The molecule has 0 saturated carbocycles. The van der Waals surface area contributed by atoms with Crippen LogP contribution in [0.2, 0.25) is 5.02 Å². The molecule has 5 heteroatoms. The van der Waals surface area contributed by atoms with Gasteiger partial charge in [-0.1, -0.05) is 17.7 Å². The zero-order valence-corrected chi connectivity index (χ0v) is 11.3. The van der Waals surface area contributed by atoms with Crippen molar-refractivity contribution in [2.75, 3.05) is 20.1 Å². The van der Waals surface area contributed by atoms with Crippen LogP contribution in [-0.4, -0.2) is 31.1 Å². The number of hydrogen-bond donors (Lipinski definition) is 1. The number of benzene rings is 1. The Kier molecular flexibility index (Phi) is 5.67. The maximum absolute atomic E-state index is 13.0. The zero-order valence-electron chi connectivity index (χ0n) is 9.75. The molecule has 1 N–H and O–H groups in total. The van der Waals surface area contributed by atoms with Crippen LogP contribution in [0.1, 0.15) is 12.0 Å². The molecule has 1 unspecified atom stereocenters. The Balaban J connectivity index is 0.00000144. The fourth-order valence-corrected chi connectivity index (χ4v) is 2.31. The Labute approximate surface area is 113 Å². The topological polar surface area (TPSA) is 15.3 Å². The fourth-order valence-electron chi connectivity index (χ4n) is 2.11. The van der Waals surface area contributed by atoms with Crippen molar-refractivity contribution in [1.82, 2.24) is 10.2 Å². The van der Waals surface area contributed by atoms with Crippen LogP contribution in [0, 0.1) is 5.82 Å². The summed E-state index contributed by atoms with van der Waals surface area (Å²) in [6.07, 6.45) is 1.17. The fraction of sp³-hybridized carbons (Fsp3) is 0.500. The molecule has 2 rings (SSSR count). The van der Waals surface area contributed by atoms with Gasteiger partial charge in [0.15, 0.2) is 0 Å². The molecule has 17 heavy (non-hydrogen) atoms. The molecule has 1 aromatic carbocycles. The number of hydrogen-bond acceptors (Lipinski definition) is 2. The first-order chi connectivity index (χ1) is 7.69. The Morgan fingerprint density at radius 3 is 2.88 bits per heavy atom. The largest absolute Gasteiger partial charge is 0.316 e. The summed E-state index contributed by atoms with van der Waals surface area (Å²) in [7, 11) is 1.99. The smallest absolute Gasteiger partial charge is 0.141 e. The molecule has 1 saturated heterocycles. The summed E-state index contributed by atoms with van der Waals surface area (Å²) in [4.78, 5) is 2.35. The van der Waals surface area contributed by atoms with Gasteiger partial charge in [-0.2, -0.15) is 0 Å². The minimum Gasteiger partial charge on any atom is -0.316 e. The van der Waals surface area contributed by atoms with Gasteiger partial charge in [0.1, 0.15) is 5.82 Å². The molecule has 0 spiro atoms. The third-order valence-corrected chi connectivity index (χ3v) is 3.36. The second-order valence-corrected chi connectivity index (χ2v) is 4.67. The minimum absolute atomic E-state index is 0. The average Bonchev–Trinajstić information content (AvgIpc) is 2.71. The Morgan fingerprint density at radius 1 is 1.53 bits per heavy atom. The van der Waals surface area contributed by atoms with E-state index in [0.717, 1.165) is 25.2 Å². The van der Waals surface area contributed by atoms with Gasteiger partial charge in [0.25, 0.3) is 0 Å². The Morgan fingerprint density at radius 2 is 2.29 bits per heavy atom. The summed E-state index contributed by atoms with van der Waals surface area (Å²) in [6.45, 7) is 2.98. The number of likely N-dealkylation sites (N-methyl/N-ethyl adjacent to an activating group) is 1. The van der Waals surface area contributed by atoms with Crippen molar-refractivity contribution < 1.29 is 4.39 Å². The first-order valence-corrected chi connectivity index (χ1v) is 5.90. The molecule has 1 aromatic rings. The van der Waals surface area contributed by atoms with E-state index in [1.165, 1.54) is 12.5 Å². The van der Waals surface area contributed by atoms with Crippen LogP contribution < -0.4 is 5.32 Å². The lowest BCUT2D eigenvalue weighted by Gasteiger charge is -2.16. The highest BCUT2D eigenvalue weighted by molar-refractivity contribution is 6.30. The van der Waals surface area contributed by atoms with Crippen LogP contribution in [0.3, 0.4) is 0 Å². The van der Waals surface area contributed by atoms with E-state index in [0.29, 0.717) is 6.04 Å². The van der Waals surface area contributed by atoms with E-state index in [9.17, 15) is 4.39 Å². The van der Waals surface area contributed by atoms with Crippen molar-refractivity contribution in [3.8, 4) is 0 Å². The van der Waals surface area contributed by atoms with Gasteiger partial charge in [-0.25, -0.2) is 4.39 Å². The van der Waals surface area contributed by atoms with E-state index < -0.39 is 0 Å². The first-order valence-electron chi connectivity index (χ1n) is 5.52. The average molecular weight is 279 g/mol. The summed E-state index contributed by atoms with van der Waals surface area (Å²) in [5.41, 5.74) is 1.07. The molecular formula is C12H17Cl2FN2. The molecule has 0 bridgehead atoms. The predicted molar refractivity (Wildman–Crippen MR) is 71.4 cm³/mol. The normalized spacial score (nSPS) is 20.3.